The third kappa shape index (κ3) is 5.34. The summed E-state index contributed by atoms with van der Waals surface area (Å²) < 4.78 is 94.9. The molecule has 0 saturated carbocycles. The van der Waals surface area contributed by atoms with Crippen molar-refractivity contribution in [2.24, 2.45) is 0 Å². The van der Waals surface area contributed by atoms with Crippen LogP contribution in [-0.4, -0.2) is 39.2 Å². The summed E-state index contributed by atoms with van der Waals surface area (Å²) in [7, 11) is 1.19. The van der Waals surface area contributed by atoms with E-state index in [9.17, 15) is 35.5 Å². The number of aromatic nitrogens is 3. The predicted octanol–water partition coefficient (Wildman–Crippen LogP) is 4.60. The molecule has 1 heterocycles. The fourth-order valence-corrected chi connectivity index (χ4v) is 2.77. The van der Waals surface area contributed by atoms with E-state index in [0.29, 0.717) is 10.2 Å². The van der Waals surface area contributed by atoms with Gasteiger partial charge in [-0.05, 0) is 42.0 Å². The normalized spacial score (nSPS) is 12.0. The molecule has 0 radical (unpaired) electrons. The number of carbonyl (C=O) groups is 1. The lowest BCUT2D eigenvalue weighted by Gasteiger charge is -2.18. The SMILES string of the molecule is CN(Cc1ccc(OC(F)(F)F)cc1)C(=O)c1nnn(-c2ccc(F)cc2)c1C(F)(F)F. The molecule has 0 atom stereocenters. The van der Waals surface area contributed by atoms with Crippen LogP contribution in [0.1, 0.15) is 21.7 Å². The number of amides is 1. The maximum absolute atomic E-state index is 13.7. The number of nitrogens with zero attached hydrogens (tertiary/aromatic N) is 4. The Hall–Kier alpha value is -3.64. The molecule has 3 aromatic rings. The van der Waals surface area contributed by atoms with E-state index < -0.39 is 41.4 Å². The largest absolute Gasteiger partial charge is 0.573 e. The maximum Gasteiger partial charge on any atom is 0.573 e. The lowest BCUT2D eigenvalue weighted by molar-refractivity contribution is -0.274. The first kappa shape index (κ1) is 23.0. The number of ether oxygens (including phenoxy) is 1. The van der Waals surface area contributed by atoms with Gasteiger partial charge in [-0.1, -0.05) is 17.3 Å². The summed E-state index contributed by atoms with van der Waals surface area (Å²) in [5.74, 6) is -2.29. The van der Waals surface area contributed by atoms with Crippen molar-refractivity contribution in [3.63, 3.8) is 0 Å². The monoisotopic (exact) mass is 462 g/mol. The first-order valence-corrected chi connectivity index (χ1v) is 8.74. The maximum atomic E-state index is 13.7. The number of benzene rings is 2. The first-order chi connectivity index (χ1) is 14.8. The van der Waals surface area contributed by atoms with Gasteiger partial charge in [0.05, 0.1) is 5.69 Å². The molecule has 0 aliphatic carbocycles. The third-order valence-electron chi connectivity index (χ3n) is 4.14. The smallest absolute Gasteiger partial charge is 0.406 e. The molecule has 32 heavy (non-hydrogen) atoms. The standard InChI is InChI=1S/C19H13F7N4O2/c1-29(10-11-2-8-14(9-3-11)32-19(24,25)26)17(31)15-16(18(21,22)23)30(28-27-15)13-6-4-12(20)5-7-13/h2-9H,10H2,1H3. The number of halogens is 7. The molecular weight excluding hydrogens is 449 g/mol. The second-order valence-corrected chi connectivity index (χ2v) is 6.53. The molecule has 0 N–H and O–H groups in total. The highest BCUT2D eigenvalue weighted by molar-refractivity contribution is 5.93. The van der Waals surface area contributed by atoms with E-state index in [-0.39, 0.29) is 12.2 Å². The van der Waals surface area contributed by atoms with Crippen molar-refractivity contribution in [1.82, 2.24) is 19.9 Å². The number of hydrogen-bond donors (Lipinski definition) is 0. The Morgan fingerprint density at radius 1 is 1.00 bits per heavy atom. The van der Waals surface area contributed by atoms with Crippen molar-refractivity contribution in [1.29, 1.82) is 0 Å². The number of alkyl halides is 6. The minimum absolute atomic E-state index is 0.159. The van der Waals surface area contributed by atoms with Crippen molar-refractivity contribution in [3.8, 4) is 11.4 Å². The second-order valence-electron chi connectivity index (χ2n) is 6.53. The Morgan fingerprint density at radius 3 is 2.12 bits per heavy atom. The molecule has 6 nitrogen and oxygen atoms in total. The molecule has 170 valence electrons. The number of hydrogen-bond acceptors (Lipinski definition) is 4. The van der Waals surface area contributed by atoms with Crippen LogP contribution in [0.5, 0.6) is 5.75 Å². The van der Waals surface area contributed by atoms with Crippen LogP contribution in [0.4, 0.5) is 30.7 Å². The Labute approximate surface area is 175 Å². The Balaban J connectivity index is 1.84. The molecule has 0 unspecified atom stereocenters. The average Bonchev–Trinajstić information content (AvgIpc) is 3.14. The summed E-state index contributed by atoms with van der Waals surface area (Å²) >= 11 is 0. The van der Waals surface area contributed by atoms with E-state index in [0.717, 1.165) is 41.3 Å². The lowest BCUT2D eigenvalue weighted by Crippen LogP contribution is -2.29. The Kier molecular flexibility index (Phi) is 6.10. The Bertz CT molecular complexity index is 1090. The van der Waals surface area contributed by atoms with Crippen LogP contribution in [0.25, 0.3) is 5.69 Å². The van der Waals surface area contributed by atoms with Gasteiger partial charge in [0, 0.05) is 13.6 Å². The van der Waals surface area contributed by atoms with Crippen molar-refractivity contribution < 1.29 is 40.3 Å². The zero-order valence-electron chi connectivity index (χ0n) is 16.1. The van der Waals surface area contributed by atoms with Crippen LogP contribution in [0.3, 0.4) is 0 Å². The van der Waals surface area contributed by atoms with Gasteiger partial charge in [0.15, 0.2) is 11.4 Å². The van der Waals surface area contributed by atoms with Gasteiger partial charge in [-0.3, -0.25) is 4.79 Å². The molecule has 0 saturated heterocycles. The molecule has 0 aliphatic rings. The van der Waals surface area contributed by atoms with Gasteiger partial charge in [-0.15, -0.1) is 18.3 Å². The average molecular weight is 462 g/mol. The van der Waals surface area contributed by atoms with E-state index >= 15 is 0 Å². The minimum atomic E-state index is -5.01. The molecule has 0 bridgehead atoms. The molecule has 0 fully saturated rings. The van der Waals surface area contributed by atoms with E-state index in [1.165, 1.54) is 19.2 Å². The van der Waals surface area contributed by atoms with Crippen molar-refractivity contribution in [2.45, 2.75) is 19.1 Å². The van der Waals surface area contributed by atoms with Gasteiger partial charge in [-0.2, -0.15) is 13.2 Å². The van der Waals surface area contributed by atoms with Gasteiger partial charge in [-0.25, -0.2) is 9.07 Å². The van der Waals surface area contributed by atoms with Crippen LogP contribution in [0, 0.1) is 5.82 Å². The van der Waals surface area contributed by atoms with E-state index in [1.54, 1.807) is 0 Å². The molecule has 13 heteroatoms. The Morgan fingerprint density at radius 2 is 1.59 bits per heavy atom. The van der Waals surface area contributed by atoms with Crippen LogP contribution in [0.15, 0.2) is 48.5 Å². The topological polar surface area (TPSA) is 60.2 Å². The lowest BCUT2D eigenvalue weighted by atomic mass is 10.2. The van der Waals surface area contributed by atoms with Gasteiger partial charge in [0.2, 0.25) is 0 Å². The quantitative estimate of drug-likeness (QED) is 0.521. The summed E-state index contributed by atoms with van der Waals surface area (Å²) in [6.07, 6.45) is -9.89. The fraction of sp³-hybridized carbons (Fsp3) is 0.211. The summed E-state index contributed by atoms with van der Waals surface area (Å²) in [5, 5.41) is 6.75. The molecule has 1 amide bonds. The highest BCUT2D eigenvalue weighted by atomic mass is 19.4. The van der Waals surface area contributed by atoms with E-state index in [1.807, 2.05) is 0 Å². The number of rotatable bonds is 5. The zero-order chi connectivity index (χ0) is 23.7. The minimum Gasteiger partial charge on any atom is -0.406 e. The first-order valence-electron chi connectivity index (χ1n) is 8.74. The summed E-state index contributed by atoms with van der Waals surface area (Å²) in [6, 6.07) is 8.41. The van der Waals surface area contributed by atoms with Crippen molar-refractivity contribution >= 4 is 5.91 Å². The van der Waals surface area contributed by atoms with Crippen molar-refractivity contribution in [3.05, 3.63) is 71.3 Å². The fourth-order valence-electron chi connectivity index (χ4n) is 2.77. The zero-order valence-corrected chi connectivity index (χ0v) is 16.1. The molecule has 2 aromatic carbocycles. The van der Waals surface area contributed by atoms with E-state index in [4.69, 9.17) is 0 Å². The number of carbonyl (C=O) groups excluding carboxylic acids is 1. The van der Waals surface area contributed by atoms with Crippen molar-refractivity contribution in [2.75, 3.05) is 7.05 Å². The molecule has 0 spiro atoms. The highest BCUT2D eigenvalue weighted by Crippen LogP contribution is 2.33. The van der Waals surface area contributed by atoms with Gasteiger partial charge in [0.1, 0.15) is 11.6 Å². The second kappa shape index (κ2) is 8.48. The summed E-state index contributed by atoms with van der Waals surface area (Å²) in [5.41, 5.74) is -2.26. The summed E-state index contributed by atoms with van der Waals surface area (Å²) in [6.45, 7) is -0.230. The highest BCUT2D eigenvalue weighted by Gasteiger charge is 2.42. The van der Waals surface area contributed by atoms with Gasteiger partial charge in [0.25, 0.3) is 5.91 Å². The molecular formula is C19H13F7N4O2. The van der Waals surface area contributed by atoms with Gasteiger partial charge >= 0.3 is 12.5 Å². The van der Waals surface area contributed by atoms with E-state index in [2.05, 4.69) is 15.0 Å². The molecule has 0 aliphatic heterocycles. The summed E-state index contributed by atoms with van der Waals surface area (Å²) in [4.78, 5) is 13.5. The predicted molar refractivity (Wildman–Crippen MR) is 95.2 cm³/mol. The van der Waals surface area contributed by atoms with Gasteiger partial charge < -0.3 is 9.64 Å². The molecule has 1 aromatic heterocycles. The van der Waals surface area contributed by atoms with Crippen LogP contribution in [-0.2, 0) is 12.7 Å². The molecule has 3 rings (SSSR count). The third-order valence-corrected chi connectivity index (χ3v) is 4.14. The van der Waals surface area contributed by atoms with Crippen LogP contribution >= 0.6 is 0 Å². The van der Waals surface area contributed by atoms with Crippen LogP contribution in [0.2, 0.25) is 0 Å². The van der Waals surface area contributed by atoms with Crippen LogP contribution < -0.4 is 4.74 Å².